The number of aryl methyl sites for hydroxylation is 3. The topological polar surface area (TPSA) is 51.0 Å². The molecule has 0 aliphatic rings. The predicted octanol–water partition coefficient (Wildman–Crippen LogP) is 3.93. The summed E-state index contributed by atoms with van der Waals surface area (Å²) in [6.45, 7) is 7.88. The molecule has 2 aromatic rings. The maximum Gasteiger partial charge on any atom is 0.131 e. The highest BCUT2D eigenvalue weighted by atomic mass is 79.9. The molecule has 0 aliphatic carbocycles. The van der Waals surface area contributed by atoms with Gasteiger partial charge in [-0.15, -0.1) is 0 Å². The standard InChI is InChI=1S/C13H16BrN3O/c1-7-5-11(9(3)18-7)8(2)15-13-6-12(14)16-10(4)17-13/h5-6,8H,1-4H3,(H,15,16,17). The Hall–Kier alpha value is -1.36. The predicted molar refractivity (Wildman–Crippen MR) is 74.7 cm³/mol. The number of aromatic nitrogens is 2. The first-order valence-corrected chi connectivity index (χ1v) is 6.59. The third-order valence-electron chi connectivity index (χ3n) is 2.72. The van der Waals surface area contributed by atoms with Crippen LogP contribution in [0.4, 0.5) is 5.82 Å². The normalized spacial score (nSPS) is 12.5. The average Bonchev–Trinajstić information content (AvgIpc) is 2.56. The van der Waals surface area contributed by atoms with Crippen molar-refractivity contribution in [1.29, 1.82) is 0 Å². The molecule has 0 bridgehead atoms. The van der Waals surface area contributed by atoms with Gasteiger partial charge in [0.05, 0.1) is 6.04 Å². The van der Waals surface area contributed by atoms with E-state index in [0.717, 1.165) is 33.3 Å². The average molecular weight is 310 g/mol. The second-order valence-electron chi connectivity index (χ2n) is 4.36. The van der Waals surface area contributed by atoms with Crippen molar-refractivity contribution in [3.05, 3.63) is 39.6 Å². The lowest BCUT2D eigenvalue weighted by molar-refractivity contribution is 0.499. The molecular formula is C13H16BrN3O. The van der Waals surface area contributed by atoms with E-state index in [1.807, 2.05) is 26.8 Å². The summed E-state index contributed by atoms with van der Waals surface area (Å²) >= 11 is 3.37. The first kappa shape index (κ1) is 13.1. The third kappa shape index (κ3) is 2.90. The van der Waals surface area contributed by atoms with Gasteiger partial charge in [-0.25, -0.2) is 9.97 Å². The van der Waals surface area contributed by atoms with Gasteiger partial charge in [-0.1, -0.05) is 0 Å². The van der Waals surface area contributed by atoms with Crippen molar-refractivity contribution in [1.82, 2.24) is 9.97 Å². The first-order chi connectivity index (χ1) is 8.45. The summed E-state index contributed by atoms with van der Waals surface area (Å²) in [4.78, 5) is 8.54. The van der Waals surface area contributed by atoms with Crippen molar-refractivity contribution in [2.45, 2.75) is 33.7 Å². The van der Waals surface area contributed by atoms with Gasteiger partial charge in [0, 0.05) is 11.6 Å². The maximum atomic E-state index is 5.54. The highest BCUT2D eigenvalue weighted by Gasteiger charge is 2.13. The van der Waals surface area contributed by atoms with Gasteiger partial charge in [-0.3, -0.25) is 0 Å². The minimum atomic E-state index is 0.142. The van der Waals surface area contributed by atoms with Crippen LogP contribution in [0.3, 0.4) is 0 Å². The Morgan fingerprint density at radius 3 is 2.50 bits per heavy atom. The molecule has 2 aromatic heterocycles. The summed E-state index contributed by atoms with van der Waals surface area (Å²) in [6.07, 6.45) is 0. The summed E-state index contributed by atoms with van der Waals surface area (Å²) in [6, 6.07) is 4.06. The molecule has 18 heavy (non-hydrogen) atoms. The largest absolute Gasteiger partial charge is 0.466 e. The monoisotopic (exact) mass is 309 g/mol. The van der Waals surface area contributed by atoms with Crippen LogP contribution in [0.25, 0.3) is 0 Å². The molecule has 0 aromatic carbocycles. The fourth-order valence-corrected chi connectivity index (χ4v) is 2.46. The lowest BCUT2D eigenvalue weighted by Gasteiger charge is -2.14. The second-order valence-corrected chi connectivity index (χ2v) is 5.17. The lowest BCUT2D eigenvalue weighted by atomic mass is 10.1. The Balaban J connectivity index is 2.20. The Morgan fingerprint density at radius 2 is 1.94 bits per heavy atom. The number of rotatable bonds is 3. The molecule has 0 saturated heterocycles. The number of halogens is 1. The van der Waals surface area contributed by atoms with E-state index in [1.165, 1.54) is 0 Å². The van der Waals surface area contributed by atoms with E-state index in [2.05, 4.69) is 44.2 Å². The van der Waals surface area contributed by atoms with Crippen molar-refractivity contribution in [3.63, 3.8) is 0 Å². The number of hydrogen-bond acceptors (Lipinski definition) is 4. The molecule has 1 N–H and O–H groups in total. The lowest BCUT2D eigenvalue weighted by Crippen LogP contribution is -2.09. The number of anilines is 1. The fourth-order valence-electron chi connectivity index (χ4n) is 1.99. The van der Waals surface area contributed by atoms with E-state index in [1.54, 1.807) is 0 Å². The molecule has 0 radical (unpaired) electrons. The van der Waals surface area contributed by atoms with Gasteiger partial charge in [-0.2, -0.15) is 0 Å². The van der Waals surface area contributed by atoms with Crippen LogP contribution in [0.15, 0.2) is 21.2 Å². The quantitative estimate of drug-likeness (QED) is 0.873. The maximum absolute atomic E-state index is 5.54. The van der Waals surface area contributed by atoms with Gasteiger partial charge in [0.15, 0.2) is 0 Å². The molecular weight excluding hydrogens is 294 g/mol. The van der Waals surface area contributed by atoms with Gasteiger partial charge >= 0.3 is 0 Å². The highest BCUT2D eigenvalue weighted by Crippen LogP contribution is 2.24. The van der Waals surface area contributed by atoms with E-state index < -0.39 is 0 Å². The highest BCUT2D eigenvalue weighted by molar-refractivity contribution is 9.10. The Labute approximate surface area is 115 Å². The molecule has 0 saturated carbocycles. The van der Waals surface area contributed by atoms with Crippen molar-refractivity contribution < 1.29 is 4.42 Å². The molecule has 5 heteroatoms. The van der Waals surface area contributed by atoms with Crippen LogP contribution in [0, 0.1) is 20.8 Å². The zero-order chi connectivity index (χ0) is 13.3. The van der Waals surface area contributed by atoms with Crippen LogP contribution in [0.1, 0.15) is 35.9 Å². The van der Waals surface area contributed by atoms with Gasteiger partial charge in [0.25, 0.3) is 0 Å². The van der Waals surface area contributed by atoms with Gasteiger partial charge < -0.3 is 9.73 Å². The van der Waals surface area contributed by atoms with Crippen molar-refractivity contribution in [2.24, 2.45) is 0 Å². The van der Waals surface area contributed by atoms with Crippen LogP contribution in [0.5, 0.6) is 0 Å². The Bertz CT molecular complexity index is 545. The Morgan fingerprint density at radius 1 is 1.22 bits per heavy atom. The van der Waals surface area contributed by atoms with Crippen LogP contribution < -0.4 is 5.32 Å². The number of hydrogen-bond donors (Lipinski definition) is 1. The summed E-state index contributed by atoms with van der Waals surface area (Å²) < 4.78 is 6.32. The summed E-state index contributed by atoms with van der Waals surface area (Å²) in [5.74, 6) is 3.41. The minimum Gasteiger partial charge on any atom is -0.466 e. The molecule has 0 spiro atoms. The van der Waals surface area contributed by atoms with Crippen molar-refractivity contribution >= 4 is 21.7 Å². The van der Waals surface area contributed by atoms with E-state index in [-0.39, 0.29) is 6.04 Å². The molecule has 1 unspecified atom stereocenters. The van der Waals surface area contributed by atoms with E-state index in [4.69, 9.17) is 4.42 Å². The molecule has 4 nitrogen and oxygen atoms in total. The summed E-state index contributed by atoms with van der Waals surface area (Å²) in [7, 11) is 0. The number of nitrogens with zero attached hydrogens (tertiary/aromatic N) is 2. The van der Waals surface area contributed by atoms with Crippen LogP contribution >= 0.6 is 15.9 Å². The zero-order valence-corrected chi connectivity index (χ0v) is 12.5. The minimum absolute atomic E-state index is 0.142. The van der Waals surface area contributed by atoms with Crippen LogP contribution in [-0.2, 0) is 0 Å². The number of furan rings is 1. The molecule has 2 heterocycles. The van der Waals surface area contributed by atoms with Crippen molar-refractivity contribution in [2.75, 3.05) is 5.32 Å². The SMILES string of the molecule is Cc1nc(Br)cc(NC(C)c2cc(C)oc2C)n1. The van der Waals surface area contributed by atoms with Gasteiger partial charge in [0.2, 0.25) is 0 Å². The first-order valence-electron chi connectivity index (χ1n) is 5.80. The molecule has 1 atom stereocenters. The van der Waals surface area contributed by atoms with E-state index in [0.29, 0.717) is 0 Å². The molecule has 2 rings (SSSR count). The van der Waals surface area contributed by atoms with Gasteiger partial charge in [-0.05, 0) is 49.7 Å². The second kappa shape index (κ2) is 5.10. The summed E-state index contributed by atoms with van der Waals surface area (Å²) in [5, 5.41) is 3.35. The molecule has 0 amide bonds. The van der Waals surface area contributed by atoms with Crippen LogP contribution in [-0.4, -0.2) is 9.97 Å². The van der Waals surface area contributed by atoms with E-state index >= 15 is 0 Å². The Kier molecular flexibility index (Phi) is 3.71. The molecule has 0 fully saturated rings. The third-order valence-corrected chi connectivity index (χ3v) is 3.12. The van der Waals surface area contributed by atoms with Crippen LogP contribution in [0.2, 0.25) is 0 Å². The van der Waals surface area contributed by atoms with Crippen molar-refractivity contribution in [3.8, 4) is 0 Å². The van der Waals surface area contributed by atoms with Gasteiger partial charge in [0.1, 0.15) is 27.8 Å². The van der Waals surface area contributed by atoms with E-state index in [9.17, 15) is 0 Å². The molecule has 0 aliphatic heterocycles. The summed E-state index contributed by atoms with van der Waals surface area (Å²) in [5.41, 5.74) is 1.15. The number of nitrogens with one attached hydrogen (secondary N) is 1. The zero-order valence-electron chi connectivity index (χ0n) is 10.9. The molecule has 96 valence electrons. The smallest absolute Gasteiger partial charge is 0.131 e. The fraction of sp³-hybridized carbons (Fsp3) is 0.385.